The molecule has 9 heteroatoms. The molecule has 0 fully saturated rings. The normalized spacial score (nSPS) is 11.7. The molecule has 0 atom stereocenters. The number of rotatable bonds is 72. The summed E-state index contributed by atoms with van der Waals surface area (Å²) >= 11 is 0. The van der Waals surface area contributed by atoms with E-state index < -0.39 is 20.2 Å². The molecule has 0 radical (unpaired) electrons. The maximum atomic E-state index is 11.2. The van der Waals surface area contributed by atoms with Gasteiger partial charge in [0, 0.05) is 0 Å². The van der Waals surface area contributed by atoms with Gasteiger partial charge in [0.2, 0.25) is 0 Å². The fraction of sp³-hybridized carbons (Fsp3) is 0.857. The molecule has 2 aromatic carbocycles. The fourth-order valence-electron chi connectivity index (χ4n) is 13.8. The number of aryl methyl sites for hydroxylation is 2. The molecule has 0 N–H and O–H groups in total. The van der Waals surface area contributed by atoms with Crippen LogP contribution in [0.5, 0.6) is 0 Å². The number of unbranched alkanes of at least 4 members (excludes halogenated alkanes) is 66. The minimum Gasteiger partial charge on any atom is -0.744 e. The van der Waals surface area contributed by atoms with Crippen LogP contribution in [0.4, 0.5) is 0 Å². The molecule has 0 aliphatic heterocycles. The summed E-state index contributed by atoms with van der Waals surface area (Å²) in [5, 5.41) is 0. The van der Waals surface area contributed by atoms with Gasteiger partial charge >= 0.3 is 23.1 Å². The second kappa shape index (κ2) is 72.3. The molecule has 93 heavy (non-hydrogen) atoms. The summed E-state index contributed by atoms with van der Waals surface area (Å²) in [6.07, 6.45) is 98.0. The van der Waals surface area contributed by atoms with E-state index in [1.807, 2.05) is 12.1 Å². The maximum absolute atomic E-state index is 11.2. The molecule has 0 aliphatic rings. The molecular weight excluding hydrogens is 1190 g/mol. The topological polar surface area (TPSA) is 114 Å². The van der Waals surface area contributed by atoms with E-state index in [1.54, 1.807) is 12.1 Å². The van der Waals surface area contributed by atoms with E-state index in [0.717, 1.165) is 36.8 Å². The van der Waals surface area contributed by atoms with Crippen LogP contribution in [-0.2, 0) is 33.1 Å². The van der Waals surface area contributed by atoms with Crippen LogP contribution in [0.1, 0.15) is 462 Å². The molecule has 2 aromatic rings. The van der Waals surface area contributed by atoms with E-state index in [1.165, 1.54) is 448 Å². The first-order valence-corrected chi connectivity index (χ1v) is 44.0. The Morgan fingerprint density at radius 3 is 0.473 bits per heavy atom. The van der Waals surface area contributed by atoms with Crippen LogP contribution in [0.3, 0.4) is 0 Å². The Balaban J connectivity index is 0.00000180. The van der Waals surface area contributed by atoms with Crippen LogP contribution in [0.25, 0.3) is 0 Å². The van der Waals surface area contributed by atoms with Gasteiger partial charge in [-0.15, -0.1) is 0 Å². The van der Waals surface area contributed by atoms with Gasteiger partial charge in [-0.3, -0.25) is 0 Å². The van der Waals surface area contributed by atoms with Crippen molar-refractivity contribution in [2.24, 2.45) is 0 Å². The molecule has 0 spiro atoms. The predicted molar refractivity (Wildman–Crippen MR) is 407 cm³/mol. The number of benzene rings is 2. The van der Waals surface area contributed by atoms with E-state index in [9.17, 15) is 25.9 Å². The van der Waals surface area contributed by atoms with E-state index in [2.05, 4.69) is 13.8 Å². The zero-order valence-corrected chi connectivity index (χ0v) is 65.1. The van der Waals surface area contributed by atoms with Crippen LogP contribution in [0, 0.1) is 0 Å². The van der Waals surface area contributed by atoms with Crippen molar-refractivity contribution in [3.8, 4) is 0 Å². The van der Waals surface area contributed by atoms with E-state index >= 15 is 0 Å². The maximum Gasteiger partial charge on any atom is 2.00 e. The van der Waals surface area contributed by atoms with E-state index in [-0.39, 0.29) is 32.8 Å². The fourth-order valence-corrected chi connectivity index (χ4v) is 14.9. The van der Waals surface area contributed by atoms with Gasteiger partial charge < -0.3 is 9.11 Å². The van der Waals surface area contributed by atoms with Crippen molar-refractivity contribution in [1.82, 2.24) is 0 Å². The largest absolute Gasteiger partial charge is 2.00 e. The molecule has 0 saturated heterocycles. The van der Waals surface area contributed by atoms with E-state index in [0.29, 0.717) is 0 Å². The predicted octanol–water partition coefficient (Wildman–Crippen LogP) is 28.5. The first kappa shape index (κ1) is 92.0. The Hall–Kier alpha value is -0.974. The van der Waals surface area contributed by atoms with Gasteiger partial charge in [0.15, 0.2) is 0 Å². The van der Waals surface area contributed by atoms with Crippen molar-refractivity contribution >= 4 is 43.3 Å². The summed E-state index contributed by atoms with van der Waals surface area (Å²) in [5.74, 6) is 0. The summed E-state index contributed by atoms with van der Waals surface area (Å²) in [5.41, 5.74) is 1.90. The van der Waals surface area contributed by atoms with Crippen LogP contribution in [0.2, 0.25) is 0 Å². The zero-order chi connectivity index (χ0) is 66.5. The molecule has 0 heterocycles. The third-order valence-corrected chi connectivity index (χ3v) is 21.7. The van der Waals surface area contributed by atoms with Gasteiger partial charge in [0.05, 0.1) is 9.79 Å². The van der Waals surface area contributed by atoms with Gasteiger partial charge in [-0.25, -0.2) is 16.8 Å². The molecule has 0 aliphatic carbocycles. The molecule has 0 bridgehead atoms. The molecule has 0 amide bonds. The first-order valence-electron chi connectivity index (χ1n) is 41.2. The summed E-state index contributed by atoms with van der Waals surface area (Å²) in [4.78, 5) is -0.211. The van der Waals surface area contributed by atoms with Crippen LogP contribution < -0.4 is 0 Å². The van der Waals surface area contributed by atoms with Crippen molar-refractivity contribution < 1.29 is 25.9 Å². The smallest absolute Gasteiger partial charge is 0.744 e. The minimum absolute atomic E-state index is 0. The third kappa shape index (κ3) is 68.0. The quantitative estimate of drug-likeness (QED) is 0.0370. The molecule has 6 nitrogen and oxygen atoms in total. The summed E-state index contributed by atoms with van der Waals surface area (Å²) in [7, 11) is -8.69. The van der Waals surface area contributed by atoms with Crippen LogP contribution in [-0.4, -0.2) is 49.0 Å². The molecular formula is C84H154MgO6S2. The molecule has 540 valence electrons. The molecule has 0 saturated carbocycles. The SMILES string of the molecule is CCCCCCCCCCCCCCCCCCCCCCCCCCCCCCCCCCCCc1cccc(S(=O)(=O)[O-])c1.CCCCCCCCCCCCCCCCCCCCCCCCCCCCCCCCCCCCc1cccc(S(=O)(=O)[O-])c1.[Mg+2]. The monoisotopic (exact) mass is 1350 g/mol. The Kier molecular flexibility index (Phi) is 71.5. The van der Waals surface area contributed by atoms with Crippen molar-refractivity contribution in [1.29, 1.82) is 0 Å². The van der Waals surface area contributed by atoms with Crippen molar-refractivity contribution in [2.75, 3.05) is 0 Å². The standard InChI is InChI=1S/2C42H78O3S.Mg/c2*1-2-3-4-5-6-7-8-9-10-11-12-13-14-15-16-17-18-19-20-21-22-23-24-25-26-27-28-29-30-31-32-33-34-35-37-41-38-36-39-42(40-41)46(43,44)45;/h2*36,38-40H,2-35,37H2,1H3,(H,43,44,45);/q;;+2/p-2. The molecule has 2 rings (SSSR count). The number of hydrogen-bond acceptors (Lipinski definition) is 6. The Morgan fingerprint density at radius 1 is 0.215 bits per heavy atom. The Morgan fingerprint density at radius 2 is 0.344 bits per heavy atom. The molecule has 0 unspecified atom stereocenters. The van der Waals surface area contributed by atoms with Crippen LogP contribution >= 0.6 is 0 Å². The second-order valence-corrected chi connectivity index (χ2v) is 31.8. The summed E-state index contributed by atoms with van der Waals surface area (Å²) in [6, 6.07) is 13.0. The van der Waals surface area contributed by atoms with Crippen molar-refractivity contribution in [2.45, 2.75) is 473 Å². The Bertz CT molecular complexity index is 1880. The molecule has 0 aromatic heterocycles. The van der Waals surface area contributed by atoms with Crippen LogP contribution in [0.15, 0.2) is 58.3 Å². The zero-order valence-electron chi connectivity index (χ0n) is 62.1. The average Bonchev–Trinajstić information content (AvgIpc) is 2.37. The first-order chi connectivity index (χ1) is 45.1. The van der Waals surface area contributed by atoms with Crippen molar-refractivity contribution in [3.63, 3.8) is 0 Å². The number of hydrogen-bond donors (Lipinski definition) is 0. The van der Waals surface area contributed by atoms with Gasteiger partial charge in [-0.2, -0.15) is 0 Å². The van der Waals surface area contributed by atoms with E-state index in [4.69, 9.17) is 0 Å². The summed E-state index contributed by atoms with van der Waals surface area (Å²) in [6.45, 7) is 4.60. The third-order valence-electron chi connectivity index (χ3n) is 20.0. The van der Waals surface area contributed by atoms with Gasteiger partial charge in [0.1, 0.15) is 20.2 Å². The summed E-state index contributed by atoms with van der Waals surface area (Å²) < 4.78 is 66.9. The van der Waals surface area contributed by atoms with Crippen molar-refractivity contribution in [3.05, 3.63) is 59.7 Å². The average molecular weight is 1350 g/mol. The van der Waals surface area contributed by atoms with Gasteiger partial charge in [0.25, 0.3) is 0 Å². The Labute approximate surface area is 597 Å². The minimum atomic E-state index is -4.35. The van der Waals surface area contributed by atoms with Gasteiger partial charge in [-0.05, 0) is 61.1 Å². The van der Waals surface area contributed by atoms with Gasteiger partial charge in [-0.1, -0.05) is 462 Å². The second-order valence-electron chi connectivity index (χ2n) is 29.0.